The van der Waals surface area contributed by atoms with Crippen molar-refractivity contribution in [2.24, 2.45) is 0 Å². The van der Waals surface area contributed by atoms with E-state index in [2.05, 4.69) is 0 Å². The maximum absolute atomic E-state index is 11.2. The Morgan fingerprint density at radius 3 is 2.75 bits per heavy atom. The minimum Gasteiger partial charge on any atom is -0.388 e. The Balaban J connectivity index is 2.43. The van der Waals surface area contributed by atoms with E-state index in [0.717, 1.165) is 4.88 Å². The molecule has 1 rings (SSSR count). The zero-order valence-corrected chi connectivity index (χ0v) is 11.4. The van der Waals surface area contributed by atoms with Gasteiger partial charge in [-0.2, -0.15) is 0 Å². The van der Waals surface area contributed by atoms with E-state index in [-0.39, 0.29) is 11.5 Å². The topological polar surface area (TPSA) is 54.4 Å². The van der Waals surface area contributed by atoms with Crippen molar-refractivity contribution in [1.82, 2.24) is 0 Å². The summed E-state index contributed by atoms with van der Waals surface area (Å²) in [5.41, 5.74) is 0. The third kappa shape index (κ3) is 4.05. The molecule has 0 radical (unpaired) electrons. The number of hydrogen-bond acceptors (Lipinski definition) is 4. The summed E-state index contributed by atoms with van der Waals surface area (Å²) in [5, 5.41) is 12.2. The molecule has 0 spiro atoms. The summed E-state index contributed by atoms with van der Waals surface area (Å²) in [4.78, 5) is 0.718. The van der Waals surface area contributed by atoms with Gasteiger partial charge in [0.25, 0.3) is 0 Å². The average molecular weight is 283 g/mol. The summed E-state index contributed by atoms with van der Waals surface area (Å²) in [5.74, 6) is 0.284. The smallest absolute Gasteiger partial charge is 0.150 e. The predicted octanol–water partition coefficient (Wildman–Crippen LogP) is 2.65. The van der Waals surface area contributed by atoms with Crippen molar-refractivity contribution in [3.05, 3.63) is 21.3 Å². The molecule has 1 heterocycles. The van der Waals surface area contributed by atoms with Crippen molar-refractivity contribution in [1.29, 1.82) is 0 Å². The van der Waals surface area contributed by atoms with Crippen LogP contribution in [-0.2, 0) is 9.84 Å². The number of rotatable bonds is 6. The largest absolute Gasteiger partial charge is 0.388 e. The van der Waals surface area contributed by atoms with Crippen molar-refractivity contribution in [3.63, 3.8) is 0 Å². The summed E-state index contributed by atoms with van der Waals surface area (Å²) < 4.78 is 22.5. The molecular weight excluding hydrogens is 268 g/mol. The molecule has 0 bridgehead atoms. The fourth-order valence-corrected chi connectivity index (χ4v) is 3.41. The van der Waals surface area contributed by atoms with E-state index in [1.807, 2.05) is 5.38 Å². The highest BCUT2D eigenvalue weighted by atomic mass is 35.5. The average Bonchev–Trinajstić information content (AvgIpc) is 2.64. The molecule has 1 aromatic heterocycles. The van der Waals surface area contributed by atoms with E-state index in [1.54, 1.807) is 13.0 Å². The lowest BCUT2D eigenvalue weighted by atomic mass is 10.2. The number of thiophene rings is 1. The van der Waals surface area contributed by atoms with Crippen LogP contribution in [0.3, 0.4) is 0 Å². The molecule has 0 fully saturated rings. The zero-order chi connectivity index (χ0) is 12.2. The summed E-state index contributed by atoms with van der Waals surface area (Å²) in [6.45, 7) is 1.63. The summed E-state index contributed by atoms with van der Waals surface area (Å²) in [7, 11) is -2.93. The van der Waals surface area contributed by atoms with Gasteiger partial charge in [0.2, 0.25) is 0 Å². The first-order valence-electron chi connectivity index (χ1n) is 5.07. The number of aliphatic hydroxyl groups is 1. The maximum atomic E-state index is 11.2. The zero-order valence-electron chi connectivity index (χ0n) is 9.02. The second-order valence-corrected chi connectivity index (χ2v) is 7.35. The van der Waals surface area contributed by atoms with E-state index in [1.165, 1.54) is 11.3 Å². The quantitative estimate of drug-likeness (QED) is 0.873. The lowest BCUT2D eigenvalue weighted by Crippen LogP contribution is -2.09. The highest BCUT2D eigenvalue weighted by Gasteiger charge is 2.14. The summed E-state index contributed by atoms with van der Waals surface area (Å²) in [6, 6.07) is 1.73. The Kier molecular flexibility index (Phi) is 5.24. The van der Waals surface area contributed by atoms with Crippen LogP contribution < -0.4 is 0 Å². The Hall–Kier alpha value is -0.100. The van der Waals surface area contributed by atoms with Gasteiger partial charge in [0.05, 0.1) is 21.8 Å². The lowest BCUT2D eigenvalue weighted by molar-refractivity contribution is 0.170. The van der Waals surface area contributed by atoms with Gasteiger partial charge in [-0.05, 0) is 24.3 Å². The number of halogens is 1. The standard InChI is InChI=1S/C10H15ClO3S2/c1-2-16(13,14)7-3-4-9(12)10-8(11)5-6-15-10/h5-6,9,12H,2-4,7H2,1H3. The van der Waals surface area contributed by atoms with Gasteiger partial charge in [-0.1, -0.05) is 18.5 Å². The second-order valence-electron chi connectivity index (χ2n) is 3.53. The lowest BCUT2D eigenvalue weighted by Gasteiger charge is -2.08. The van der Waals surface area contributed by atoms with Crippen LogP contribution in [0.25, 0.3) is 0 Å². The van der Waals surface area contributed by atoms with Crippen molar-refractivity contribution in [2.75, 3.05) is 11.5 Å². The van der Waals surface area contributed by atoms with E-state index in [4.69, 9.17) is 11.6 Å². The van der Waals surface area contributed by atoms with Crippen molar-refractivity contribution in [3.8, 4) is 0 Å². The SMILES string of the molecule is CCS(=O)(=O)CCCC(O)c1sccc1Cl. The molecule has 0 aromatic carbocycles. The summed E-state index contributed by atoms with van der Waals surface area (Å²) in [6.07, 6.45) is 0.241. The highest BCUT2D eigenvalue weighted by Crippen LogP contribution is 2.31. The van der Waals surface area contributed by atoms with E-state index < -0.39 is 15.9 Å². The fourth-order valence-electron chi connectivity index (χ4n) is 1.32. The Labute approximate surface area is 105 Å². The molecule has 0 saturated carbocycles. The van der Waals surface area contributed by atoms with Gasteiger partial charge in [0.1, 0.15) is 9.84 Å². The van der Waals surface area contributed by atoms with Crippen LogP contribution in [0.2, 0.25) is 5.02 Å². The van der Waals surface area contributed by atoms with Crippen LogP contribution in [0.4, 0.5) is 0 Å². The third-order valence-electron chi connectivity index (χ3n) is 2.32. The van der Waals surface area contributed by atoms with Crippen molar-refractivity contribution < 1.29 is 13.5 Å². The van der Waals surface area contributed by atoms with Gasteiger partial charge in [0, 0.05) is 5.75 Å². The fraction of sp³-hybridized carbons (Fsp3) is 0.600. The molecule has 1 aromatic rings. The molecule has 3 nitrogen and oxygen atoms in total. The minimum atomic E-state index is -2.93. The molecule has 0 amide bonds. The van der Waals surface area contributed by atoms with Gasteiger partial charge in [-0.3, -0.25) is 0 Å². The minimum absolute atomic E-state index is 0.129. The van der Waals surface area contributed by atoms with E-state index in [9.17, 15) is 13.5 Å². The van der Waals surface area contributed by atoms with E-state index >= 15 is 0 Å². The Morgan fingerprint density at radius 1 is 1.56 bits per heavy atom. The molecule has 1 unspecified atom stereocenters. The number of hydrogen-bond donors (Lipinski definition) is 1. The van der Waals surface area contributed by atoms with Crippen LogP contribution >= 0.6 is 22.9 Å². The molecular formula is C10H15ClO3S2. The van der Waals surface area contributed by atoms with Crippen LogP contribution in [0.5, 0.6) is 0 Å². The Morgan fingerprint density at radius 2 is 2.25 bits per heavy atom. The van der Waals surface area contributed by atoms with Gasteiger partial charge in [0.15, 0.2) is 0 Å². The molecule has 16 heavy (non-hydrogen) atoms. The molecule has 1 atom stereocenters. The molecule has 1 N–H and O–H groups in total. The second kappa shape index (κ2) is 6.00. The molecule has 92 valence electrons. The van der Waals surface area contributed by atoms with E-state index in [0.29, 0.717) is 17.9 Å². The van der Waals surface area contributed by atoms with Crippen LogP contribution in [0.15, 0.2) is 11.4 Å². The van der Waals surface area contributed by atoms with Crippen LogP contribution in [-0.4, -0.2) is 25.0 Å². The normalized spacial score (nSPS) is 13.9. The van der Waals surface area contributed by atoms with Crippen LogP contribution in [0, 0.1) is 0 Å². The molecule has 6 heteroatoms. The number of sulfone groups is 1. The van der Waals surface area contributed by atoms with Crippen molar-refractivity contribution >= 4 is 32.8 Å². The maximum Gasteiger partial charge on any atom is 0.150 e. The summed E-state index contributed by atoms with van der Waals surface area (Å²) >= 11 is 7.25. The van der Waals surface area contributed by atoms with Gasteiger partial charge < -0.3 is 5.11 Å². The first-order chi connectivity index (χ1) is 7.46. The van der Waals surface area contributed by atoms with Crippen molar-refractivity contribution in [2.45, 2.75) is 25.9 Å². The molecule has 0 aliphatic rings. The molecule has 0 aliphatic heterocycles. The monoisotopic (exact) mass is 282 g/mol. The van der Waals surface area contributed by atoms with Gasteiger partial charge in [-0.25, -0.2) is 8.42 Å². The van der Waals surface area contributed by atoms with Crippen LogP contribution in [0.1, 0.15) is 30.7 Å². The number of aliphatic hydroxyl groups excluding tert-OH is 1. The molecule has 0 saturated heterocycles. The first kappa shape index (κ1) is 14.0. The molecule has 0 aliphatic carbocycles. The predicted molar refractivity (Wildman–Crippen MR) is 67.9 cm³/mol. The third-order valence-corrected chi connectivity index (χ3v) is 5.57. The van der Waals surface area contributed by atoms with Gasteiger partial charge >= 0.3 is 0 Å². The van der Waals surface area contributed by atoms with Gasteiger partial charge in [-0.15, -0.1) is 11.3 Å². The first-order valence-corrected chi connectivity index (χ1v) is 8.15. The Bertz CT molecular complexity index is 425. The highest BCUT2D eigenvalue weighted by molar-refractivity contribution is 7.91.